The predicted molar refractivity (Wildman–Crippen MR) is 64.6 cm³/mol. The Morgan fingerprint density at radius 1 is 1.27 bits per heavy atom. The van der Waals surface area contributed by atoms with E-state index in [1.807, 2.05) is 38.0 Å². The molecule has 0 N–H and O–H groups in total. The van der Waals surface area contributed by atoms with Gasteiger partial charge in [0.15, 0.2) is 0 Å². The fraction of sp³-hybridized carbons (Fsp3) is 0.250. The van der Waals surface area contributed by atoms with Gasteiger partial charge >= 0.3 is 0 Å². The lowest BCUT2D eigenvalue weighted by Gasteiger charge is -1.86. The van der Waals surface area contributed by atoms with E-state index in [0.29, 0.717) is 6.54 Å². The van der Waals surface area contributed by atoms with Crippen molar-refractivity contribution in [3.63, 3.8) is 0 Å². The van der Waals surface area contributed by atoms with Gasteiger partial charge in [0.1, 0.15) is 6.79 Å². The maximum atomic E-state index is 8.92. The molecule has 0 saturated heterocycles. The van der Waals surface area contributed by atoms with Crippen molar-refractivity contribution in [1.82, 2.24) is 0 Å². The molecule has 0 saturated carbocycles. The Balaban J connectivity index is 0. The third kappa shape index (κ3) is 12.2. The van der Waals surface area contributed by atoms with E-state index in [4.69, 9.17) is 9.70 Å². The van der Waals surface area contributed by atoms with Crippen LogP contribution in [0.1, 0.15) is 19.4 Å². The highest BCUT2D eigenvalue weighted by atomic mass is 16.3. The van der Waals surface area contributed by atoms with Crippen molar-refractivity contribution in [1.29, 1.82) is 0 Å². The molecule has 0 bridgehead atoms. The summed E-state index contributed by atoms with van der Waals surface area (Å²) in [6.45, 7) is 6.11. The van der Waals surface area contributed by atoms with E-state index in [9.17, 15) is 0 Å². The summed E-state index contributed by atoms with van der Waals surface area (Å²) in [5, 5.41) is 2.49. The van der Waals surface area contributed by atoms with Crippen molar-refractivity contribution in [3.8, 4) is 0 Å². The van der Waals surface area contributed by atoms with Crippen LogP contribution in [0.3, 0.4) is 0 Å². The molecule has 1 aromatic carbocycles. The van der Waals surface area contributed by atoms with Gasteiger partial charge in [0, 0.05) is 0 Å². The third-order valence-electron chi connectivity index (χ3n) is 1.29. The molecule has 0 aliphatic rings. The Labute approximate surface area is 90.8 Å². The molecule has 0 radical (unpaired) electrons. The molecule has 82 valence electrons. The fourth-order valence-corrected chi connectivity index (χ4v) is 0.757. The van der Waals surface area contributed by atoms with Crippen LogP contribution in [0.25, 0.3) is 6.08 Å². The zero-order valence-corrected chi connectivity index (χ0v) is 9.22. The highest BCUT2D eigenvalue weighted by Gasteiger charge is 1.77. The molecule has 0 fully saturated rings. The first-order chi connectivity index (χ1) is 7.35. The summed E-state index contributed by atoms with van der Waals surface area (Å²) in [6.07, 6.45) is 4.12. The average Bonchev–Trinajstić information content (AvgIpc) is 2.34. The second kappa shape index (κ2) is 14.7. The normalized spacial score (nSPS) is 8.13. The summed E-state index contributed by atoms with van der Waals surface area (Å²) < 4.78 is 0. The Kier molecular flexibility index (Phi) is 15.4. The van der Waals surface area contributed by atoms with E-state index >= 15 is 0 Å². The maximum Gasteiger partial charge on any atom is 0.106 e. The number of benzene rings is 1. The molecule has 0 aliphatic heterocycles. The smallest absolute Gasteiger partial charge is 0.106 e. The van der Waals surface area contributed by atoms with Gasteiger partial charge in [-0.2, -0.15) is 4.91 Å². The van der Waals surface area contributed by atoms with Crippen molar-refractivity contribution in [2.75, 3.05) is 6.54 Å². The second-order valence-corrected chi connectivity index (χ2v) is 2.36. The summed E-state index contributed by atoms with van der Waals surface area (Å²) in [5.41, 5.74) is 1.26. The van der Waals surface area contributed by atoms with E-state index in [0.717, 1.165) is 0 Å². The van der Waals surface area contributed by atoms with Crippen LogP contribution in [0.5, 0.6) is 0 Å². The maximum absolute atomic E-state index is 8.92. The van der Waals surface area contributed by atoms with Gasteiger partial charge in [-0.3, -0.25) is 0 Å². The van der Waals surface area contributed by atoms with Crippen LogP contribution in [-0.2, 0) is 4.79 Å². The molecule has 0 aliphatic carbocycles. The molecule has 15 heavy (non-hydrogen) atoms. The molecule has 3 nitrogen and oxygen atoms in total. The monoisotopic (exact) mass is 207 g/mol. The summed E-state index contributed by atoms with van der Waals surface area (Å²) in [4.78, 5) is 16.9. The van der Waals surface area contributed by atoms with Crippen LogP contribution in [0.15, 0.2) is 41.6 Å². The zero-order valence-electron chi connectivity index (χ0n) is 9.22. The van der Waals surface area contributed by atoms with Gasteiger partial charge in [0.25, 0.3) is 0 Å². The summed E-state index contributed by atoms with van der Waals surface area (Å²) >= 11 is 0. The Bertz CT molecular complexity index is 258. The average molecular weight is 207 g/mol. The van der Waals surface area contributed by atoms with Gasteiger partial charge in [-0.1, -0.05) is 47.7 Å². The molecule has 0 aromatic heterocycles. The van der Waals surface area contributed by atoms with Crippen LogP contribution in [0.4, 0.5) is 0 Å². The number of rotatable bonds is 2. The van der Waals surface area contributed by atoms with E-state index < -0.39 is 0 Å². The van der Waals surface area contributed by atoms with Crippen LogP contribution >= 0.6 is 0 Å². The highest BCUT2D eigenvalue weighted by Crippen LogP contribution is 1.99. The lowest BCUT2D eigenvalue weighted by molar-refractivity contribution is -0.0979. The SMILES string of the molecule is C/C=C/c1ccccc1.C=O.CCN=O. The standard InChI is InChI=1S/C9H10.C2H5NO.CH2O/c1-2-6-9-7-4-3-5-8-9;1-2-3-4;1-2/h2-8H,1H3;2H2,1H3;1H2/b6-2+;;. The number of nitroso groups, excluding NO2 is 1. The van der Waals surface area contributed by atoms with Crippen LogP contribution in [-0.4, -0.2) is 13.3 Å². The summed E-state index contributed by atoms with van der Waals surface area (Å²) in [6, 6.07) is 10.3. The van der Waals surface area contributed by atoms with Crippen molar-refractivity contribution in [2.24, 2.45) is 5.18 Å². The first-order valence-corrected chi connectivity index (χ1v) is 4.60. The molecular weight excluding hydrogens is 190 g/mol. The van der Waals surface area contributed by atoms with E-state index in [1.165, 1.54) is 5.56 Å². The molecule has 0 amide bonds. The molecule has 0 heterocycles. The number of nitrogens with zero attached hydrogens (tertiary/aromatic N) is 1. The van der Waals surface area contributed by atoms with Gasteiger partial charge in [0.2, 0.25) is 0 Å². The molecule has 1 rings (SSSR count). The number of allylic oxidation sites excluding steroid dienone is 1. The molecule has 3 heteroatoms. The van der Waals surface area contributed by atoms with Crippen molar-refractivity contribution in [2.45, 2.75) is 13.8 Å². The summed E-state index contributed by atoms with van der Waals surface area (Å²) in [5.74, 6) is 0. The first-order valence-electron chi connectivity index (χ1n) is 4.60. The minimum absolute atomic E-state index is 0.389. The largest absolute Gasteiger partial charge is 0.307 e. The lowest BCUT2D eigenvalue weighted by Crippen LogP contribution is -1.65. The van der Waals surface area contributed by atoms with Crippen molar-refractivity contribution in [3.05, 3.63) is 46.9 Å². The Hall–Kier alpha value is -1.77. The Morgan fingerprint density at radius 2 is 1.73 bits per heavy atom. The number of carbonyl (C=O) groups excluding carboxylic acids is 1. The third-order valence-corrected chi connectivity index (χ3v) is 1.29. The van der Waals surface area contributed by atoms with Crippen molar-refractivity contribution >= 4 is 12.9 Å². The molecule has 0 unspecified atom stereocenters. The van der Waals surface area contributed by atoms with Crippen LogP contribution in [0.2, 0.25) is 0 Å². The van der Waals surface area contributed by atoms with Gasteiger partial charge in [-0.25, -0.2) is 0 Å². The van der Waals surface area contributed by atoms with Gasteiger partial charge < -0.3 is 4.79 Å². The number of carbonyl (C=O) groups is 1. The van der Waals surface area contributed by atoms with E-state index in [2.05, 4.69) is 23.4 Å². The fourth-order valence-electron chi connectivity index (χ4n) is 0.757. The molecular formula is C12H17NO2. The first kappa shape index (κ1) is 15.7. The van der Waals surface area contributed by atoms with Crippen molar-refractivity contribution < 1.29 is 4.79 Å². The molecule has 0 atom stereocenters. The molecule has 0 spiro atoms. The molecule has 1 aromatic rings. The highest BCUT2D eigenvalue weighted by molar-refractivity contribution is 5.47. The van der Waals surface area contributed by atoms with E-state index in [1.54, 1.807) is 6.92 Å². The van der Waals surface area contributed by atoms with E-state index in [-0.39, 0.29) is 0 Å². The predicted octanol–water partition coefficient (Wildman–Crippen LogP) is 3.31. The topological polar surface area (TPSA) is 46.5 Å². The minimum Gasteiger partial charge on any atom is -0.307 e. The summed E-state index contributed by atoms with van der Waals surface area (Å²) in [7, 11) is 0. The zero-order chi connectivity index (χ0) is 11.9. The van der Waals surface area contributed by atoms with Crippen LogP contribution in [0, 0.1) is 4.91 Å². The van der Waals surface area contributed by atoms with Gasteiger partial charge in [0.05, 0.1) is 6.54 Å². The number of hydrogen-bond acceptors (Lipinski definition) is 3. The van der Waals surface area contributed by atoms with Gasteiger partial charge in [-0.05, 0) is 19.4 Å². The minimum atomic E-state index is 0.389. The van der Waals surface area contributed by atoms with Gasteiger partial charge in [-0.15, -0.1) is 0 Å². The quantitative estimate of drug-likeness (QED) is 0.698. The van der Waals surface area contributed by atoms with Crippen LogP contribution < -0.4 is 0 Å². The lowest BCUT2D eigenvalue weighted by atomic mass is 10.2. The number of hydrogen-bond donors (Lipinski definition) is 0. The Morgan fingerprint density at radius 3 is 2.07 bits per heavy atom. The second-order valence-electron chi connectivity index (χ2n) is 2.36.